The van der Waals surface area contributed by atoms with Gasteiger partial charge in [0.15, 0.2) is 6.10 Å². The molecule has 1 N–H and O–H groups in total. The van der Waals surface area contributed by atoms with Crippen LogP contribution in [0.2, 0.25) is 0 Å². The molecule has 1 atom stereocenters. The number of hydroxylamine groups is 2. The van der Waals surface area contributed by atoms with Crippen molar-refractivity contribution in [2.45, 2.75) is 258 Å². The van der Waals surface area contributed by atoms with Gasteiger partial charge < -0.3 is 33.9 Å². The third-order valence-electron chi connectivity index (χ3n) is 12.8. The molecule has 1 aliphatic rings. The molecule has 1 fully saturated rings. The largest absolute Gasteiger partial charge is 0.784 e. The molecule has 1 rings (SSSR count). The number of piperidine rings is 1. The summed E-state index contributed by atoms with van der Waals surface area (Å²) in [4.78, 5) is 48.8. The van der Waals surface area contributed by atoms with Crippen LogP contribution in [0.3, 0.4) is 0 Å². The van der Waals surface area contributed by atoms with Crippen molar-refractivity contribution in [1.29, 1.82) is 0 Å². The number of carbonyl (C=O) groups excluding carboxylic acids is 2. The molecule has 0 aromatic carbocycles. The highest BCUT2D eigenvalue weighted by molar-refractivity contribution is 7.52. The Hall–Kier alpha value is -0.910. The molecule has 0 aliphatic carbocycles. The lowest BCUT2D eigenvalue weighted by molar-refractivity contribution is -0.870. The van der Waals surface area contributed by atoms with Crippen LogP contribution in [0.15, 0.2) is 0 Å². The topological polar surface area (TPSA) is 145 Å². The van der Waals surface area contributed by atoms with Crippen molar-refractivity contribution in [1.82, 2.24) is 5.06 Å². The van der Waals surface area contributed by atoms with E-state index in [-0.39, 0.29) is 31.0 Å². The number of unbranched alkanes of at least 4 members (excludes halogenated alkanes) is 22. The van der Waals surface area contributed by atoms with E-state index in [4.69, 9.17) is 18.5 Å². The number of carbonyl (C=O) groups is 1. The number of hydrogen-bond acceptors (Lipinski definition) is 8. The molecule has 0 bridgehead atoms. The zero-order chi connectivity index (χ0) is 46.4. The SMILES string of the molecule is CCCCCCCCCCCCCCCC(=[OH+])OCC(CO[P+]([O])([O-])OCC[N+](C)(C)C)OC(=O)CCCCCC1(CCCCCCCCCCC)CC(C)(C)N([O-])C(C)(C)C1. The van der Waals surface area contributed by atoms with Gasteiger partial charge in [-0.2, -0.15) is 9.05 Å². The highest BCUT2D eigenvalue weighted by Crippen LogP contribution is 2.53. The molecule has 62 heavy (non-hydrogen) atoms. The average Bonchev–Trinajstić information content (AvgIpc) is 3.18. The van der Waals surface area contributed by atoms with Gasteiger partial charge in [0.05, 0.1) is 21.1 Å². The van der Waals surface area contributed by atoms with Crippen molar-refractivity contribution in [3.8, 4) is 0 Å². The summed E-state index contributed by atoms with van der Waals surface area (Å²) >= 11 is 0. The molecule has 1 saturated heterocycles. The van der Waals surface area contributed by atoms with Crippen LogP contribution < -0.4 is 4.89 Å². The summed E-state index contributed by atoms with van der Waals surface area (Å²) in [5.41, 5.74) is -0.790. The number of nitrogens with zero attached hydrogens (tertiary/aromatic N) is 2. The Morgan fingerprint density at radius 1 is 0.645 bits per heavy atom. The lowest BCUT2D eigenvalue weighted by Gasteiger charge is -2.64. The Labute approximate surface area is 382 Å². The maximum absolute atomic E-state index is 13.3. The number of quaternary nitrogens is 1. The van der Waals surface area contributed by atoms with E-state index in [2.05, 4.69) is 41.5 Å². The Kier molecular flexibility index (Phi) is 31.2. The molecule has 0 saturated carbocycles. The van der Waals surface area contributed by atoms with Gasteiger partial charge in [0.2, 0.25) is 6.61 Å². The molecular formula is C50H99N2O9P+. The predicted molar refractivity (Wildman–Crippen MR) is 255 cm³/mol. The lowest BCUT2D eigenvalue weighted by Crippen LogP contribution is -2.60. The summed E-state index contributed by atoms with van der Waals surface area (Å²) in [5.74, 6) is -0.611. The zero-order valence-corrected chi connectivity index (χ0v) is 42.8. The highest BCUT2D eigenvalue weighted by atomic mass is 31.2. The van der Waals surface area contributed by atoms with Crippen molar-refractivity contribution in [3.05, 3.63) is 5.21 Å². The second-order valence-electron chi connectivity index (χ2n) is 21.3. The predicted octanol–water partition coefficient (Wildman–Crippen LogP) is 13.1. The minimum Gasteiger partial charge on any atom is -0.784 e. The molecule has 1 aliphatic heterocycles. The van der Waals surface area contributed by atoms with E-state index < -0.39 is 37.9 Å². The van der Waals surface area contributed by atoms with E-state index in [1.54, 1.807) is 0 Å². The van der Waals surface area contributed by atoms with E-state index in [1.807, 2.05) is 21.1 Å². The van der Waals surface area contributed by atoms with Gasteiger partial charge in [-0.25, -0.2) is 0 Å². The Bertz CT molecular complexity index is 1130. The first-order chi connectivity index (χ1) is 29.3. The van der Waals surface area contributed by atoms with E-state index in [0.29, 0.717) is 23.9 Å². The van der Waals surface area contributed by atoms with Gasteiger partial charge in [-0.15, -0.1) is 0 Å². The summed E-state index contributed by atoms with van der Waals surface area (Å²) in [6.45, 7) is 12.6. The fourth-order valence-electron chi connectivity index (χ4n) is 9.65. The smallest absolute Gasteiger partial charge is 0.482 e. The second kappa shape index (κ2) is 32.7. The molecule has 0 aromatic heterocycles. The quantitative estimate of drug-likeness (QED) is 0.0194. The Morgan fingerprint density at radius 2 is 1.05 bits per heavy atom. The van der Waals surface area contributed by atoms with Gasteiger partial charge >= 0.3 is 20.1 Å². The fourth-order valence-corrected chi connectivity index (χ4v) is 10.4. The molecule has 1 radical (unpaired) electrons. The molecule has 11 nitrogen and oxygen atoms in total. The first-order valence-electron chi connectivity index (χ1n) is 25.5. The van der Waals surface area contributed by atoms with Gasteiger partial charge in [-0.1, -0.05) is 162 Å². The maximum Gasteiger partial charge on any atom is 0.482 e. The molecule has 0 spiro atoms. The van der Waals surface area contributed by atoms with Crippen LogP contribution in [0.1, 0.15) is 241 Å². The standard InChI is InChI=1S/C50H98N2O9P/c1-10-12-14-16-18-20-21-22-23-24-26-28-31-35-46(53)58-41-45(42-60-62(56,57)59-40-39-52(7,8)9)61-47(54)36-32-30-34-38-50(37-33-29-27-25-19-17-15-13-11-2)43-48(3,4)51(55)49(5,6)44-50/h45H,10-44H2,1-9H3/p+1. The molecule has 0 amide bonds. The number of likely N-dealkylation sites (N-methyl/N-ethyl adjacent to an activating group) is 1. The number of rotatable bonds is 40. The monoisotopic (exact) mass is 903 g/mol. The molecule has 12 heteroatoms. The highest BCUT2D eigenvalue weighted by Gasteiger charge is 2.47. The number of ether oxygens (including phenoxy) is 2. The third-order valence-corrected chi connectivity index (χ3v) is 13.7. The van der Waals surface area contributed by atoms with Gasteiger partial charge in [0.25, 0.3) is 0 Å². The van der Waals surface area contributed by atoms with Crippen molar-refractivity contribution in [2.75, 3.05) is 47.5 Å². The molecular weight excluding hydrogens is 804 g/mol. The molecule has 0 aromatic rings. The van der Waals surface area contributed by atoms with Crippen LogP contribution in [0, 0.1) is 10.6 Å². The van der Waals surface area contributed by atoms with E-state index in [1.165, 1.54) is 127 Å². The van der Waals surface area contributed by atoms with Crippen molar-refractivity contribution in [3.63, 3.8) is 0 Å². The van der Waals surface area contributed by atoms with Crippen LogP contribution in [0.5, 0.6) is 0 Å². The van der Waals surface area contributed by atoms with Gasteiger partial charge in [0, 0.05) is 22.4 Å². The van der Waals surface area contributed by atoms with Crippen LogP contribution in [-0.2, 0) is 28.2 Å². The first-order valence-corrected chi connectivity index (χ1v) is 27.0. The van der Waals surface area contributed by atoms with Crippen molar-refractivity contribution < 1.29 is 42.4 Å². The van der Waals surface area contributed by atoms with Gasteiger partial charge in [-0.05, 0) is 71.6 Å². The number of hydrogen-bond donors (Lipinski definition) is 0. The van der Waals surface area contributed by atoms with Crippen LogP contribution in [-0.4, -0.2) is 91.0 Å². The van der Waals surface area contributed by atoms with Crippen LogP contribution >= 0.6 is 8.17 Å². The van der Waals surface area contributed by atoms with Crippen LogP contribution in [0.25, 0.3) is 0 Å². The Morgan fingerprint density at radius 3 is 1.50 bits per heavy atom. The third kappa shape index (κ3) is 29.6. The first kappa shape index (κ1) is 59.1. The lowest BCUT2D eigenvalue weighted by atomic mass is 9.61. The summed E-state index contributed by atoms with van der Waals surface area (Å²) in [6.07, 6.45) is 33.4. The number of esters is 2. The van der Waals surface area contributed by atoms with Crippen molar-refractivity contribution in [2.24, 2.45) is 5.41 Å². The summed E-state index contributed by atoms with van der Waals surface area (Å²) in [5, 5.41) is 14.6. The molecule has 1 heterocycles. The summed E-state index contributed by atoms with van der Waals surface area (Å²) in [6, 6.07) is 0. The van der Waals surface area contributed by atoms with E-state index >= 15 is 0 Å². The van der Waals surface area contributed by atoms with Crippen molar-refractivity contribution >= 4 is 20.1 Å². The summed E-state index contributed by atoms with van der Waals surface area (Å²) < 4.78 is 22.0. The summed E-state index contributed by atoms with van der Waals surface area (Å²) in [7, 11) is 1.14. The second-order valence-corrected chi connectivity index (χ2v) is 22.7. The minimum atomic E-state index is -4.66. The van der Waals surface area contributed by atoms with Crippen LogP contribution in [0.4, 0.5) is 0 Å². The minimum absolute atomic E-state index is 0.0382. The van der Waals surface area contributed by atoms with Gasteiger partial charge in [0.1, 0.15) is 26.2 Å². The van der Waals surface area contributed by atoms with Gasteiger partial charge in [-0.3, -0.25) is 4.79 Å². The zero-order valence-electron chi connectivity index (χ0n) is 41.9. The van der Waals surface area contributed by atoms with E-state index in [9.17, 15) is 24.6 Å². The molecule has 1 unspecified atom stereocenters. The molecule has 367 valence electrons. The normalized spacial score (nSPS) is 17.7. The maximum atomic E-state index is 13.3. The Balaban J connectivity index is 2.65. The van der Waals surface area contributed by atoms with E-state index in [0.717, 1.165) is 57.8 Å². The fraction of sp³-hybridized carbons (Fsp3) is 0.960. The average molecular weight is 903 g/mol.